The lowest BCUT2D eigenvalue weighted by Crippen LogP contribution is -1.93. The molecule has 0 saturated heterocycles. The molecule has 0 saturated carbocycles. The maximum absolute atomic E-state index is 9.54. The first-order chi connectivity index (χ1) is 6.27. The minimum atomic E-state index is -0.305. The lowest BCUT2D eigenvalue weighted by atomic mass is 10.1. The highest BCUT2D eigenvalue weighted by atomic mass is 32.2. The average Bonchev–Trinajstić information content (AvgIpc) is 2.18. The molecular weight excluding hydrogens is 180 g/mol. The zero-order valence-corrected chi connectivity index (χ0v) is 8.97. The van der Waals surface area contributed by atoms with Gasteiger partial charge in [0.05, 0.1) is 6.10 Å². The Bertz CT molecular complexity index is 243. The van der Waals surface area contributed by atoms with E-state index in [0.29, 0.717) is 0 Å². The van der Waals surface area contributed by atoms with Crippen LogP contribution in [0.4, 0.5) is 0 Å². The van der Waals surface area contributed by atoms with E-state index >= 15 is 0 Å². The molecule has 13 heavy (non-hydrogen) atoms. The Kier molecular flexibility index (Phi) is 4.33. The van der Waals surface area contributed by atoms with Crippen molar-refractivity contribution < 1.29 is 5.11 Å². The molecule has 0 amide bonds. The van der Waals surface area contributed by atoms with E-state index in [1.54, 1.807) is 0 Å². The Morgan fingerprint density at radius 3 is 2.31 bits per heavy atom. The number of thioether (sulfide) groups is 1. The van der Waals surface area contributed by atoms with Gasteiger partial charge in [0.25, 0.3) is 0 Å². The predicted molar refractivity (Wildman–Crippen MR) is 58.1 cm³/mol. The molecule has 0 aliphatic carbocycles. The summed E-state index contributed by atoms with van der Waals surface area (Å²) >= 11 is 1.82. The van der Waals surface area contributed by atoms with E-state index in [1.165, 1.54) is 4.90 Å². The smallest absolute Gasteiger partial charge is 0.0787 e. The topological polar surface area (TPSA) is 20.2 Å². The van der Waals surface area contributed by atoms with Crippen LogP contribution in [-0.4, -0.2) is 10.9 Å². The Labute approximate surface area is 84.2 Å². The number of hydrogen-bond donors (Lipinski definition) is 1. The van der Waals surface area contributed by atoms with Gasteiger partial charge < -0.3 is 5.11 Å². The van der Waals surface area contributed by atoms with Crippen molar-refractivity contribution in [3.05, 3.63) is 29.8 Å². The van der Waals surface area contributed by atoms with Crippen molar-refractivity contribution in [2.45, 2.75) is 31.3 Å². The van der Waals surface area contributed by atoms with Crippen LogP contribution in [0.1, 0.15) is 31.9 Å². The van der Waals surface area contributed by atoms with Gasteiger partial charge in [-0.1, -0.05) is 26.0 Å². The van der Waals surface area contributed by atoms with E-state index in [4.69, 9.17) is 0 Å². The van der Waals surface area contributed by atoms with Crippen molar-refractivity contribution in [3.8, 4) is 0 Å². The van der Waals surface area contributed by atoms with Gasteiger partial charge in [0.1, 0.15) is 0 Å². The van der Waals surface area contributed by atoms with Gasteiger partial charge in [0, 0.05) is 4.90 Å². The maximum Gasteiger partial charge on any atom is 0.0787 e. The first kappa shape index (κ1) is 10.6. The van der Waals surface area contributed by atoms with Gasteiger partial charge in [-0.05, 0) is 29.9 Å². The summed E-state index contributed by atoms with van der Waals surface area (Å²) in [6.45, 7) is 4.12. The molecule has 0 spiro atoms. The quantitative estimate of drug-likeness (QED) is 0.746. The van der Waals surface area contributed by atoms with Crippen LogP contribution >= 0.6 is 11.8 Å². The van der Waals surface area contributed by atoms with Crippen molar-refractivity contribution >= 4 is 11.8 Å². The fourth-order valence-electron chi connectivity index (χ4n) is 1.19. The molecule has 1 aromatic carbocycles. The number of rotatable bonds is 4. The summed E-state index contributed by atoms with van der Waals surface area (Å²) in [5.41, 5.74) is 1.02. The number of benzene rings is 1. The molecular formula is C11H16OS. The van der Waals surface area contributed by atoms with E-state index in [9.17, 15) is 5.11 Å². The summed E-state index contributed by atoms with van der Waals surface area (Å²) in [5, 5.41) is 9.54. The molecule has 2 heteroatoms. The normalized spacial score (nSPS) is 12.8. The molecule has 1 nitrogen and oxygen atoms in total. The van der Waals surface area contributed by atoms with Gasteiger partial charge >= 0.3 is 0 Å². The van der Waals surface area contributed by atoms with Crippen LogP contribution in [0.2, 0.25) is 0 Å². The lowest BCUT2D eigenvalue weighted by molar-refractivity contribution is 0.173. The standard InChI is InChI=1S/C11H16OS/c1-3-11(12)9-5-7-10(8-6-9)13-4-2/h5-8,11-12H,3-4H2,1-2H3. The van der Waals surface area contributed by atoms with Crippen molar-refractivity contribution in [3.63, 3.8) is 0 Å². The molecule has 1 rings (SSSR count). The molecule has 0 aliphatic rings. The predicted octanol–water partition coefficient (Wildman–Crippen LogP) is 3.24. The summed E-state index contributed by atoms with van der Waals surface area (Å²) in [6, 6.07) is 8.16. The molecule has 1 aromatic rings. The van der Waals surface area contributed by atoms with Crippen molar-refractivity contribution in [1.29, 1.82) is 0 Å². The second-order valence-electron chi connectivity index (χ2n) is 2.93. The first-order valence-corrected chi connectivity index (χ1v) is 5.67. The zero-order valence-electron chi connectivity index (χ0n) is 8.16. The minimum absolute atomic E-state index is 0.305. The van der Waals surface area contributed by atoms with Gasteiger partial charge in [0.2, 0.25) is 0 Å². The van der Waals surface area contributed by atoms with Crippen LogP contribution in [0.5, 0.6) is 0 Å². The molecule has 0 fully saturated rings. The summed E-state index contributed by atoms with van der Waals surface area (Å²) in [4.78, 5) is 1.27. The molecule has 0 bridgehead atoms. The van der Waals surface area contributed by atoms with E-state index in [1.807, 2.05) is 30.8 Å². The summed E-state index contributed by atoms with van der Waals surface area (Å²) in [6.07, 6.45) is 0.473. The second kappa shape index (κ2) is 5.30. The first-order valence-electron chi connectivity index (χ1n) is 4.68. The van der Waals surface area contributed by atoms with Gasteiger partial charge in [-0.25, -0.2) is 0 Å². The van der Waals surface area contributed by atoms with E-state index in [0.717, 1.165) is 17.7 Å². The van der Waals surface area contributed by atoms with Crippen LogP contribution in [-0.2, 0) is 0 Å². The third-order valence-electron chi connectivity index (χ3n) is 1.96. The molecule has 72 valence electrons. The van der Waals surface area contributed by atoms with Crippen LogP contribution in [0, 0.1) is 0 Å². The zero-order chi connectivity index (χ0) is 9.68. The van der Waals surface area contributed by atoms with E-state index in [-0.39, 0.29) is 6.10 Å². The van der Waals surface area contributed by atoms with Crippen molar-refractivity contribution in [1.82, 2.24) is 0 Å². The average molecular weight is 196 g/mol. The van der Waals surface area contributed by atoms with Gasteiger partial charge in [0.15, 0.2) is 0 Å². The van der Waals surface area contributed by atoms with Crippen LogP contribution in [0.15, 0.2) is 29.2 Å². The number of aliphatic hydroxyl groups is 1. The SMILES string of the molecule is CCSc1ccc(C(O)CC)cc1. The Hall–Kier alpha value is -0.470. The number of aliphatic hydroxyl groups excluding tert-OH is 1. The molecule has 0 aliphatic heterocycles. The van der Waals surface area contributed by atoms with E-state index < -0.39 is 0 Å². The molecule has 0 radical (unpaired) electrons. The highest BCUT2D eigenvalue weighted by Gasteiger charge is 2.03. The molecule has 0 aromatic heterocycles. The summed E-state index contributed by atoms with van der Waals surface area (Å²) in [5.74, 6) is 1.09. The van der Waals surface area contributed by atoms with Gasteiger partial charge in [-0.15, -0.1) is 11.8 Å². The number of hydrogen-bond acceptors (Lipinski definition) is 2. The molecule has 0 heterocycles. The maximum atomic E-state index is 9.54. The summed E-state index contributed by atoms with van der Waals surface area (Å²) in [7, 11) is 0. The molecule has 1 N–H and O–H groups in total. The fourth-order valence-corrected chi connectivity index (χ4v) is 1.85. The van der Waals surface area contributed by atoms with Gasteiger partial charge in [-0.3, -0.25) is 0 Å². The van der Waals surface area contributed by atoms with Gasteiger partial charge in [-0.2, -0.15) is 0 Å². The highest BCUT2D eigenvalue weighted by molar-refractivity contribution is 7.99. The third kappa shape index (κ3) is 3.05. The fraction of sp³-hybridized carbons (Fsp3) is 0.455. The minimum Gasteiger partial charge on any atom is -0.388 e. The summed E-state index contributed by atoms with van der Waals surface area (Å²) < 4.78 is 0. The van der Waals surface area contributed by atoms with Crippen LogP contribution in [0.25, 0.3) is 0 Å². The molecule has 1 unspecified atom stereocenters. The third-order valence-corrected chi connectivity index (χ3v) is 2.86. The van der Waals surface area contributed by atoms with E-state index in [2.05, 4.69) is 19.1 Å². The Morgan fingerprint density at radius 1 is 1.23 bits per heavy atom. The highest BCUT2D eigenvalue weighted by Crippen LogP contribution is 2.21. The second-order valence-corrected chi connectivity index (χ2v) is 4.26. The molecule has 1 atom stereocenters. The van der Waals surface area contributed by atoms with Crippen molar-refractivity contribution in [2.75, 3.05) is 5.75 Å². The van der Waals surface area contributed by atoms with Crippen LogP contribution < -0.4 is 0 Å². The lowest BCUT2D eigenvalue weighted by Gasteiger charge is -2.08. The Morgan fingerprint density at radius 2 is 1.85 bits per heavy atom. The monoisotopic (exact) mass is 196 g/mol. The van der Waals surface area contributed by atoms with Crippen molar-refractivity contribution in [2.24, 2.45) is 0 Å². The van der Waals surface area contributed by atoms with Crippen LogP contribution in [0.3, 0.4) is 0 Å². The largest absolute Gasteiger partial charge is 0.388 e. The Balaban J connectivity index is 2.69.